The van der Waals surface area contributed by atoms with Crippen LogP contribution in [0.4, 0.5) is 11.4 Å². The standard InChI is InChI=1S/C13H23N3O3S/c1-10(2)16(7-8-19-4)13-9-11(5-6-12(13)14)20(17,18)15-3/h5-6,9-10,15H,7-8,14H2,1-4H3. The zero-order chi connectivity index (χ0) is 15.3. The Bertz CT molecular complexity index is 544. The van der Waals surface area contributed by atoms with Crippen LogP contribution < -0.4 is 15.4 Å². The van der Waals surface area contributed by atoms with Gasteiger partial charge in [0, 0.05) is 19.7 Å². The second kappa shape index (κ2) is 6.92. The summed E-state index contributed by atoms with van der Waals surface area (Å²) in [5, 5.41) is 0. The number of nitrogen functional groups attached to an aromatic ring is 1. The minimum absolute atomic E-state index is 0.181. The Morgan fingerprint density at radius 3 is 2.55 bits per heavy atom. The van der Waals surface area contributed by atoms with Crippen molar-refractivity contribution in [3.05, 3.63) is 18.2 Å². The van der Waals surface area contributed by atoms with Crippen molar-refractivity contribution in [2.24, 2.45) is 0 Å². The molecule has 0 aromatic heterocycles. The Morgan fingerprint density at radius 2 is 2.05 bits per heavy atom. The molecule has 0 unspecified atom stereocenters. The minimum Gasteiger partial charge on any atom is -0.397 e. The molecule has 0 saturated carbocycles. The first-order valence-corrected chi connectivity index (χ1v) is 7.90. The Hall–Kier alpha value is -1.31. The van der Waals surface area contributed by atoms with E-state index in [0.717, 1.165) is 0 Å². The van der Waals surface area contributed by atoms with Gasteiger partial charge in [-0.25, -0.2) is 13.1 Å². The number of nitrogens with zero attached hydrogens (tertiary/aromatic N) is 1. The molecule has 1 aromatic rings. The molecule has 1 rings (SSSR count). The van der Waals surface area contributed by atoms with E-state index < -0.39 is 10.0 Å². The third-order valence-electron chi connectivity index (χ3n) is 3.05. The van der Waals surface area contributed by atoms with E-state index in [-0.39, 0.29) is 10.9 Å². The third-order valence-corrected chi connectivity index (χ3v) is 4.46. The van der Waals surface area contributed by atoms with Gasteiger partial charge in [-0.15, -0.1) is 0 Å². The molecule has 114 valence electrons. The Morgan fingerprint density at radius 1 is 1.40 bits per heavy atom. The van der Waals surface area contributed by atoms with Crippen LogP contribution in [0.25, 0.3) is 0 Å². The second-order valence-corrected chi connectivity index (χ2v) is 6.59. The van der Waals surface area contributed by atoms with Crippen molar-refractivity contribution in [3.8, 4) is 0 Å². The summed E-state index contributed by atoms with van der Waals surface area (Å²) >= 11 is 0. The van der Waals surface area contributed by atoms with Crippen molar-refractivity contribution in [1.82, 2.24) is 4.72 Å². The Balaban J connectivity index is 3.24. The zero-order valence-electron chi connectivity index (χ0n) is 12.4. The normalized spacial score (nSPS) is 11.8. The number of benzene rings is 1. The molecule has 0 saturated heterocycles. The number of hydrogen-bond acceptors (Lipinski definition) is 5. The maximum atomic E-state index is 11.9. The van der Waals surface area contributed by atoms with E-state index in [4.69, 9.17) is 10.5 Å². The SMILES string of the molecule is CNS(=O)(=O)c1ccc(N)c(N(CCOC)C(C)C)c1. The predicted octanol–water partition coefficient (Wildman–Crippen LogP) is 1.04. The van der Waals surface area contributed by atoms with Crippen LogP contribution >= 0.6 is 0 Å². The van der Waals surface area contributed by atoms with Gasteiger partial charge in [-0.3, -0.25) is 0 Å². The molecular formula is C13H23N3O3S. The summed E-state index contributed by atoms with van der Waals surface area (Å²) in [6.07, 6.45) is 0. The maximum Gasteiger partial charge on any atom is 0.240 e. The van der Waals surface area contributed by atoms with Crippen molar-refractivity contribution in [2.75, 3.05) is 37.9 Å². The first-order valence-electron chi connectivity index (χ1n) is 6.42. The van der Waals surface area contributed by atoms with Gasteiger partial charge in [-0.05, 0) is 39.1 Å². The molecule has 0 aliphatic heterocycles. The molecule has 0 aliphatic rings. The molecule has 1 aromatic carbocycles. The lowest BCUT2D eigenvalue weighted by atomic mass is 10.2. The van der Waals surface area contributed by atoms with Crippen LogP contribution in [0.15, 0.2) is 23.1 Å². The van der Waals surface area contributed by atoms with Gasteiger partial charge < -0.3 is 15.4 Å². The molecule has 0 radical (unpaired) electrons. The lowest BCUT2D eigenvalue weighted by molar-refractivity contribution is 0.204. The van der Waals surface area contributed by atoms with Gasteiger partial charge in [-0.2, -0.15) is 0 Å². The largest absolute Gasteiger partial charge is 0.397 e. The number of methoxy groups -OCH3 is 1. The number of nitrogens with two attached hydrogens (primary N) is 1. The van der Waals surface area contributed by atoms with E-state index in [1.807, 2.05) is 18.7 Å². The molecular weight excluding hydrogens is 278 g/mol. The summed E-state index contributed by atoms with van der Waals surface area (Å²) in [4.78, 5) is 2.22. The number of nitrogens with one attached hydrogen (secondary N) is 1. The minimum atomic E-state index is -3.48. The topological polar surface area (TPSA) is 84.7 Å². The number of hydrogen-bond donors (Lipinski definition) is 2. The van der Waals surface area contributed by atoms with Gasteiger partial charge in [-0.1, -0.05) is 0 Å². The summed E-state index contributed by atoms with van der Waals surface area (Å²) in [7, 11) is -0.467. The van der Waals surface area contributed by atoms with Gasteiger partial charge >= 0.3 is 0 Å². The molecule has 6 nitrogen and oxygen atoms in total. The number of ether oxygens (including phenoxy) is 1. The van der Waals surface area contributed by atoms with Crippen molar-refractivity contribution in [3.63, 3.8) is 0 Å². The van der Waals surface area contributed by atoms with E-state index in [1.54, 1.807) is 19.2 Å². The molecule has 0 aliphatic carbocycles. The lowest BCUT2D eigenvalue weighted by Crippen LogP contribution is -2.34. The van der Waals surface area contributed by atoms with E-state index >= 15 is 0 Å². The molecule has 0 spiro atoms. The Kier molecular flexibility index (Phi) is 5.79. The van der Waals surface area contributed by atoms with Crippen LogP contribution in [0.5, 0.6) is 0 Å². The fourth-order valence-electron chi connectivity index (χ4n) is 1.90. The second-order valence-electron chi connectivity index (χ2n) is 4.71. The van der Waals surface area contributed by atoms with E-state index in [1.165, 1.54) is 13.1 Å². The van der Waals surface area contributed by atoms with E-state index in [2.05, 4.69) is 4.72 Å². The highest BCUT2D eigenvalue weighted by Gasteiger charge is 2.18. The van der Waals surface area contributed by atoms with Gasteiger partial charge in [0.15, 0.2) is 0 Å². The van der Waals surface area contributed by atoms with Crippen molar-refractivity contribution in [1.29, 1.82) is 0 Å². The van der Waals surface area contributed by atoms with Crippen LogP contribution in [-0.4, -0.2) is 41.8 Å². The Labute approximate surface area is 121 Å². The highest BCUT2D eigenvalue weighted by Crippen LogP contribution is 2.28. The molecule has 0 heterocycles. The molecule has 0 bridgehead atoms. The average Bonchev–Trinajstić information content (AvgIpc) is 2.40. The zero-order valence-corrected chi connectivity index (χ0v) is 13.2. The van der Waals surface area contributed by atoms with Crippen molar-refractivity contribution < 1.29 is 13.2 Å². The molecule has 20 heavy (non-hydrogen) atoms. The van der Waals surface area contributed by atoms with Crippen LogP contribution in [0, 0.1) is 0 Å². The van der Waals surface area contributed by atoms with Gasteiger partial charge in [0.25, 0.3) is 0 Å². The van der Waals surface area contributed by atoms with Crippen LogP contribution in [0.3, 0.4) is 0 Å². The molecule has 3 N–H and O–H groups in total. The van der Waals surface area contributed by atoms with Crippen LogP contribution in [0.2, 0.25) is 0 Å². The summed E-state index contributed by atoms with van der Waals surface area (Å²) in [5.41, 5.74) is 7.24. The van der Waals surface area contributed by atoms with E-state index in [9.17, 15) is 8.42 Å². The monoisotopic (exact) mass is 301 g/mol. The van der Waals surface area contributed by atoms with E-state index in [0.29, 0.717) is 24.5 Å². The number of rotatable bonds is 7. The predicted molar refractivity (Wildman–Crippen MR) is 81.5 cm³/mol. The molecule has 7 heteroatoms. The van der Waals surface area contributed by atoms with Crippen molar-refractivity contribution in [2.45, 2.75) is 24.8 Å². The first kappa shape index (κ1) is 16.7. The smallest absolute Gasteiger partial charge is 0.240 e. The third kappa shape index (κ3) is 3.84. The maximum absolute atomic E-state index is 11.9. The highest BCUT2D eigenvalue weighted by atomic mass is 32.2. The van der Waals surface area contributed by atoms with Crippen molar-refractivity contribution >= 4 is 21.4 Å². The van der Waals surface area contributed by atoms with Crippen LogP contribution in [0.1, 0.15) is 13.8 Å². The fraction of sp³-hybridized carbons (Fsp3) is 0.538. The summed E-state index contributed by atoms with van der Waals surface area (Å²) in [6, 6.07) is 4.89. The van der Waals surface area contributed by atoms with Gasteiger partial charge in [0.1, 0.15) is 0 Å². The summed E-state index contributed by atoms with van der Waals surface area (Å²) in [5.74, 6) is 0. The first-order chi connectivity index (χ1) is 9.33. The lowest BCUT2D eigenvalue weighted by Gasteiger charge is -2.30. The molecule has 0 fully saturated rings. The fourth-order valence-corrected chi connectivity index (χ4v) is 2.65. The average molecular weight is 301 g/mol. The summed E-state index contributed by atoms with van der Waals surface area (Å²) < 4.78 is 31.1. The quantitative estimate of drug-likeness (QED) is 0.735. The number of anilines is 2. The molecule has 0 atom stereocenters. The van der Waals surface area contributed by atoms with Gasteiger partial charge in [0.2, 0.25) is 10.0 Å². The molecule has 0 amide bonds. The van der Waals surface area contributed by atoms with Gasteiger partial charge in [0.05, 0.1) is 22.9 Å². The highest BCUT2D eigenvalue weighted by molar-refractivity contribution is 7.89. The number of sulfonamides is 1. The van der Waals surface area contributed by atoms with Crippen LogP contribution in [-0.2, 0) is 14.8 Å². The summed E-state index contributed by atoms with van der Waals surface area (Å²) in [6.45, 7) is 5.23.